The van der Waals surface area contributed by atoms with E-state index in [1.807, 2.05) is 38.1 Å². The summed E-state index contributed by atoms with van der Waals surface area (Å²) in [6.45, 7) is 3.96. The number of aryl methyl sites for hydroxylation is 1. The van der Waals surface area contributed by atoms with Crippen LogP contribution in [0.2, 0.25) is 0 Å². The molecule has 0 heterocycles. The Balaban J connectivity index is 2.11. The molecule has 0 saturated carbocycles. The van der Waals surface area contributed by atoms with Gasteiger partial charge in [-0.25, -0.2) is 4.99 Å². The predicted octanol–water partition coefficient (Wildman–Crippen LogP) is 3.78. The quantitative estimate of drug-likeness (QED) is 0.402. The Morgan fingerprint density at radius 3 is 2.47 bits per heavy atom. The summed E-state index contributed by atoms with van der Waals surface area (Å²) in [5.41, 5.74) is 2.38. The van der Waals surface area contributed by atoms with Crippen molar-refractivity contribution in [1.29, 1.82) is 0 Å². The van der Waals surface area contributed by atoms with E-state index in [1.165, 1.54) is 0 Å². The van der Waals surface area contributed by atoms with Gasteiger partial charge < -0.3 is 25.2 Å². The van der Waals surface area contributed by atoms with Crippen LogP contribution < -0.4 is 20.1 Å². The molecule has 2 aromatic rings. The zero-order chi connectivity index (χ0) is 21.9. The lowest BCUT2D eigenvalue weighted by Gasteiger charge is -2.17. The van der Waals surface area contributed by atoms with Gasteiger partial charge in [0.1, 0.15) is 0 Å². The molecule has 0 aliphatic heterocycles. The van der Waals surface area contributed by atoms with Gasteiger partial charge in [-0.05, 0) is 32.4 Å². The molecule has 0 radical (unpaired) electrons. The molecule has 1 unspecified atom stereocenters. The number of halogens is 2. The average molecular weight is 421 g/mol. The molecule has 8 heteroatoms. The van der Waals surface area contributed by atoms with E-state index in [1.54, 1.807) is 25.1 Å². The van der Waals surface area contributed by atoms with Crippen molar-refractivity contribution in [3.8, 4) is 11.5 Å². The second kappa shape index (κ2) is 12.0. The van der Waals surface area contributed by atoms with Crippen molar-refractivity contribution in [2.75, 3.05) is 19.7 Å². The van der Waals surface area contributed by atoms with E-state index in [0.29, 0.717) is 24.7 Å². The Morgan fingerprint density at radius 1 is 1.10 bits per heavy atom. The lowest BCUT2D eigenvalue weighted by molar-refractivity contribution is -0.0520. The van der Waals surface area contributed by atoms with Gasteiger partial charge >= 0.3 is 6.61 Å². The summed E-state index contributed by atoms with van der Waals surface area (Å²) < 4.78 is 35.8. The first-order valence-corrected chi connectivity index (χ1v) is 9.90. The van der Waals surface area contributed by atoms with E-state index in [0.717, 1.165) is 11.1 Å². The first kappa shape index (κ1) is 23.4. The smallest absolute Gasteiger partial charge is 0.387 e. The van der Waals surface area contributed by atoms with E-state index in [2.05, 4.69) is 20.4 Å². The second-order valence-electron chi connectivity index (χ2n) is 6.56. The number of nitrogens with one attached hydrogen (secondary N) is 2. The number of aliphatic hydroxyl groups is 1. The minimum absolute atomic E-state index is 0.0198. The molecule has 0 aromatic heterocycles. The number of ether oxygens (including phenoxy) is 2. The number of hydrogen-bond donors (Lipinski definition) is 3. The van der Waals surface area contributed by atoms with Gasteiger partial charge in [0, 0.05) is 18.7 Å². The summed E-state index contributed by atoms with van der Waals surface area (Å²) in [6.07, 6.45) is -0.714. The minimum Gasteiger partial charge on any atom is -0.490 e. The van der Waals surface area contributed by atoms with Crippen LogP contribution in [0.25, 0.3) is 0 Å². The lowest BCUT2D eigenvalue weighted by Crippen LogP contribution is -2.39. The summed E-state index contributed by atoms with van der Waals surface area (Å²) >= 11 is 0. The maximum Gasteiger partial charge on any atom is 0.387 e. The van der Waals surface area contributed by atoms with Gasteiger partial charge in [-0.3, -0.25) is 0 Å². The number of alkyl halides is 2. The molecule has 0 spiro atoms. The number of para-hydroxylation sites is 1. The van der Waals surface area contributed by atoms with Gasteiger partial charge in [-0.1, -0.05) is 42.0 Å². The molecular formula is C22H29F2N3O3. The number of benzene rings is 2. The van der Waals surface area contributed by atoms with Crippen LogP contribution in [0.1, 0.15) is 36.6 Å². The molecule has 1 atom stereocenters. The third kappa shape index (κ3) is 7.18. The first-order valence-electron chi connectivity index (χ1n) is 9.90. The third-order valence-electron chi connectivity index (χ3n) is 4.24. The maximum atomic E-state index is 12.9. The van der Waals surface area contributed by atoms with Crippen LogP contribution >= 0.6 is 0 Å². The largest absolute Gasteiger partial charge is 0.490 e. The molecule has 0 bridgehead atoms. The number of rotatable bonds is 10. The molecule has 164 valence electrons. The first-order chi connectivity index (χ1) is 14.4. The van der Waals surface area contributed by atoms with E-state index in [9.17, 15) is 13.9 Å². The molecule has 3 N–H and O–H groups in total. The van der Waals surface area contributed by atoms with E-state index in [4.69, 9.17) is 4.74 Å². The SMILES string of the molecule is CCNC(=NCc1cccc(OCC)c1OC(F)F)NCC(O)c1ccc(C)cc1. The molecule has 0 amide bonds. The van der Waals surface area contributed by atoms with Crippen LogP contribution in [0.4, 0.5) is 8.78 Å². The van der Waals surface area contributed by atoms with Crippen molar-refractivity contribution in [1.82, 2.24) is 10.6 Å². The molecule has 0 fully saturated rings. The van der Waals surface area contributed by atoms with Crippen molar-refractivity contribution in [3.05, 3.63) is 59.2 Å². The minimum atomic E-state index is -2.97. The van der Waals surface area contributed by atoms with Crippen LogP contribution in [-0.2, 0) is 6.54 Å². The predicted molar refractivity (Wildman–Crippen MR) is 113 cm³/mol. The highest BCUT2D eigenvalue weighted by molar-refractivity contribution is 5.79. The fourth-order valence-electron chi connectivity index (χ4n) is 2.78. The highest BCUT2D eigenvalue weighted by Gasteiger charge is 2.16. The van der Waals surface area contributed by atoms with Crippen molar-refractivity contribution >= 4 is 5.96 Å². The molecule has 0 saturated heterocycles. The van der Waals surface area contributed by atoms with Crippen molar-refractivity contribution in [2.45, 2.75) is 40.0 Å². The normalized spacial score (nSPS) is 12.6. The fourth-order valence-corrected chi connectivity index (χ4v) is 2.78. The maximum absolute atomic E-state index is 12.9. The van der Waals surface area contributed by atoms with Crippen LogP contribution in [0.3, 0.4) is 0 Å². The Morgan fingerprint density at radius 2 is 1.83 bits per heavy atom. The molecule has 2 rings (SSSR count). The lowest BCUT2D eigenvalue weighted by atomic mass is 10.1. The highest BCUT2D eigenvalue weighted by atomic mass is 19.3. The number of nitrogens with zero attached hydrogens (tertiary/aromatic N) is 1. The van der Waals surface area contributed by atoms with Crippen molar-refractivity contribution in [3.63, 3.8) is 0 Å². The second-order valence-corrected chi connectivity index (χ2v) is 6.56. The van der Waals surface area contributed by atoms with Crippen molar-refractivity contribution in [2.24, 2.45) is 4.99 Å². The molecule has 6 nitrogen and oxygen atoms in total. The zero-order valence-corrected chi connectivity index (χ0v) is 17.5. The summed E-state index contributed by atoms with van der Waals surface area (Å²) in [6, 6.07) is 12.6. The third-order valence-corrected chi connectivity index (χ3v) is 4.24. The van der Waals surface area contributed by atoms with Gasteiger partial charge in [0.2, 0.25) is 0 Å². The molecule has 30 heavy (non-hydrogen) atoms. The van der Waals surface area contributed by atoms with Crippen LogP contribution in [0.15, 0.2) is 47.5 Å². The van der Waals surface area contributed by atoms with Gasteiger partial charge in [-0.2, -0.15) is 8.78 Å². The van der Waals surface area contributed by atoms with Gasteiger partial charge in [0.25, 0.3) is 0 Å². The van der Waals surface area contributed by atoms with Crippen LogP contribution in [0, 0.1) is 6.92 Å². The highest BCUT2D eigenvalue weighted by Crippen LogP contribution is 2.33. The fraction of sp³-hybridized carbons (Fsp3) is 0.409. The van der Waals surface area contributed by atoms with E-state index in [-0.39, 0.29) is 24.6 Å². The molecule has 0 aliphatic rings. The Kier molecular flexibility index (Phi) is 9.34. The summed E-state index contributed by atoms with van der Waals surface area (Å²) in [7, 11) is 0. The number of guanidine groups is 1. The monoisotopic (exact) mass is 421 g/mol. The van der Waals surface area contributed by atoms with Gasteiger partial charge in [0.05, 0.1) is 19.3 Å². The summed E-state index contributed by atoms with van der Waals surface area (Å²) in [4.78, 5) is 4.44. The number of aliphatic hydroxyl groups excluding tert-OH is 1. The molecule has 2 aromatic carbocycles. The van der Waals surface area contributed by atoms with Gasteiger partial charge in [-0.15, -0.1) is 0 Å². The average Bonchev–Trinajstić information content (AvgIpc) is 2.72. The summed E-state index contributed by atoms with van der Waals surface area (Å²) in [5, 5.41) is 16.5. The van der Waals surface area contributed by atoms with E-state index < -0.39 is 12.7 Å². The molecule has 0 aliphatic carbocycles. The Bertz CT molecular complexity index is 814. The van der Waals surface area contributed by atoms with Crippen LogP contribution in [0.5, 0.6) is 11.5 Å². The Labute approximate surface area is 175 Å². The van der Waals surface area contributed by atoms with E-state index >= 15 is 0 Å². The Hall–Kier alpha value is -2.87. The van der Waals surface area contributed by atoms with Crippen LogP contribution in [-0.4, -0.2) is 37.4 Å². The summed E-state index contributed by atoms with van der Waals surface area (Å²) in [5.74, 6) is 0.681. The number of aliphatic imine (C=N–C) groups is 1. The topological polar surface area (TPSA) is 75.1 Å². The zero-order valence-electron chi connectivity index (χ0n) is 17.5. The van der Waals surface area contributed by atoms with Crippen molar-refractivity contribution < 1.29 is 23.4 Å². The molecular weight excluding hydrogens is 392 g/mol. The standard InChI is InChI=1S/C22H29F2N3O3/c1-4-25-22(27-14-18(28)16-11-9-15(3)10-12-16)26-13-17-7-6-8-19(29-5-2)20(17)30-21(23)24/h6-12,18,21,28H,4-5,13-14H2,1-3H3,(H2,25,26,27). The number of hydrogen-bond acceptors (Lipinski definition) is 4. The van der Waals surface area contributed by atoms with Gasteiger partial charge in [0.15, 0.2) is 17.5 Å².